The van der Waals surface area contributed by atoms with Crippen molar-refractivity contribution in [2.75, 3.05) is 45.3 Å². The lowest BCUT2D eigenvalue weighted by atomic mass is 10.1. The maximum atomic E-state index is 13.1. The number of halogens is 1. The molecular weight excluding hydrogens is 411 g/mol. The Morgan fingerprint density at radius 1 is 1.09 bits per heavy atom. The highest BCUT2D eigenvalue weighted by Crippen LogP contribution is 2.30. The maximum absolute atomic E-state index is 13.1. The SMILES string of the molecule is COc1ccc(C(C)N/C=C(/C#N)C(=O)N2CCN(c3ccc(F)cc3)CC2)cc1OC. The van der Waals surface area contributed by atoms with Gasteiger partial charge in [-0.05, 0) is 48.9 Å². The van der Waals surface area contributed by atoms with E-state index < -0.39 is 0 Å². The molecule has 1 aliphatic heterocycles. The Hall–Kier alpha value is -3.73. The smallest absolute Gasteiger partial charge is 0.266 e. The van der Waals surface area contributed by atoms with Crippen LogP contribution in [-0.2, 0) is 4.79 Å². The number of nitrogens with one attached hydrogen (secondary N) is 1. The molecule has 1 fully saturated rings. The van der Waals surface area contributed by atoms with Crippen LogP contribution in [0.4, 0.5) is 10.1 Å². The number of nitrogens with zero attached hydrogens (tertiary/aromatic N) is 3. The predicted molar refractivity (Wildman–Crippen MR) is 120 cm³/mol. The van der Waals surface area contributed by atoms with Gasteiger partial charge in [0.1, 0.15) is 17.5 Å². The van der Waals surface area contributed by atoms with Gasteiger partial charge in [0, 0.05) is 44.1 Å². The lowest BCUT2D eigenvalue weighted by Gasteiger charge is -2.36. The number of methoxy groups -OCH3 is 2. The number of benzene rings is 2. The second kappa shape index (κ2) is 10.5. The zero-order valence-electron chi connectivity index (χ0n) is 18.5. The quantitative estimate of drug-likeness (QED) is 0.528. The summed E-state index contributed by atoms with van der Waals surface area (Å²) >= 11 is 0. The third kappa shape index (κ3) is 5.30. The molecule has 3 rings (SSSR count). The van der Waals surface area contributed by atoms with E-state index >= 15 is 0 Å². The second-order valence-corrected chi connectivity index (χ2v) is 7.43. The summed E-state index contributed by atoms with van der Waals surface area (Å²) in [6.45, 7) is 4.14. The molecule has 2 aromatic carbocycles. The Labute approximate surface area is 187 Å². The van der Waals surface area contributed by atoms with Crippen molar-refractivity contribution in [2.24, 2.45) is 0 Å². The van der Waals surface area contributed by atoms with Gasteiger partial charge < -0.3 is 24.6 Å². The summed E-state index contributed by atoms with van der Waals surface area (Å²) < 4.78 is 23.7. The lowest BCUT2D eigenvalue weighted by molar-refractivity contribution is -0.127. The highest BCUT2D eigenvalue weighted by Gasteiger charge is 2.24. The molecule has 0 aliphatic carbocycles. The molecule has 1 N–H and O–H groups in total. The number of piperazine rings is 1. The Kier molecular flexibility index (Phi) is 7.55. The summed E-state index contributed by atoms with van der Waals surface area (Å²) in [5.41, 5.74) is 1.89. The standard InChI is InChI=1S/C24H27FN4O3/c1-17(18-4-9-22(31-2)23(14-18)32-3)27-16-19(15-26)24(30)29-12-10-28(11-13-29)21-7-5-20(25)6-8-21/h4-9,14,16-17,27H,10-13H2,1-3H3/b19-16-. The van der Waals surface area contributed by atoms with Gasteiger partial charge in [0.05, 0.1) is 14.2 Å². The molecule has 7 nitrogen and oxygen atoms in total. The number of nitriles is 1. The Morgan fingerprint density at radius 3 is 2.34 bits per heavy atom. The molecule has 0 aromatic heterocycles. The van der Waals surface area contributed by atoms with E-state index in [-0.39, 0.29) is 23.3 Å². The summed E-state index contributed by atoms with van der Waals surface area (Å²) in [6, 6.07) is 13.7. The van der Waals surface area contributed by atoms with Crippen molar-refractivity contribution in [1.29, 1.82) is 5.26 Å². The topological polar surface area (TPSA) is 77.8 Å². The van der Waals surface area contributed by atoms with Gasteiger partial charge in [0.25, 0.3) is 5.91 Å². The summed E-state index contributed by atoms with van der Waals surface area (Å²) in [4.78, 5) is 16.6. The Morgan fingerprint density at radius 2 is 1.75 bits per heavy atom. The zero-order valence-corrected chi connectivity index (χ0v) is 18.5. The summed E-state index contributed by atoms with van der Waals surface area (Å²) in [7, 11) is 3.15. The number of anilines is 1. The van der Waals surface area contributed by atoms with Crippen LogP contribution in [0.2, 0.25) is 0 Å². The fraction of sp³-hybridized carbons (Fsp3) is 0.333. The van der Waals surface area contributed by atoms with Crippen LogP contribution in [-0.4, -0.2) is 51.2 Å². The van der Waals surface area contributed by atoms with Crippen LogP contribution in [0.25, 0.3) is 0 Å². The van der Waals surface area contributed by atoms with Crippen molar-refractivity contribution >= 4 is 11.6 Å². The molecule has 0 saturated carbocycles. The van der Waals surface area contributed by atoms with E-state index in [1.54, 1.807) is 31.3 Å². The van der Waals surface area contributed by atoms with E-state index in [0.717, 1.165) is 11.3 Å². The van der Waals surface area contributed by atoms with Gasteiger partial charge in [0.2, 0.25) is 0 Å². The summed E-state index contributed by atoms with van der Waals surface area (Å²) in [5, 5.41) is 12.7. The van der Waals surface area contributed by atoms with E-state index in [0.29, 0.717) is 37.7 Å². The van der Waals surface area contributed by atoms with Crippen molar-refractivity contribution in [1.82, 2.24) is 10.2 Å². The first-order valence-electron chi connectivity index (χ1n) is 10.3. The molecule has 0 radical (unpaired) electrons. The van der Waals surface area contributed by atoms with Crippen LogP contribution in [0.1, 0.15) is 18.5 Å². The van der Waals surface area contributed by atoms with E-state index in [4.69, 9.17) is 9.47 Å². The fourth-order valence-electron chi connectivity index (χ4n) is 3.56. The number of carbonyl (C=O) groups excluding carboxylic acids is 1. The summed E-state index contributed by atoms with van der Waals surface area (Å²) in [6.07, 6.45) is 1.47. The summed E-state index contributed by atoms with van der Waals surface area (Å²) in [5.74, 6) is 0.657. The van der Waals surface area contributed by atoms with Gasteiger partial charge in [-0.25, -0.2) is 4.39 Å². The van der Waals surface area contributed by atoms with Gasteiger partial charge in [-0.2, -0.15) is 5.26 Å². The first kappa shape index (κ1) is 22.9. The van der Waals surface area contributed by atoms with Crippen LogP contribution in [0.15, 0.2) is 54.2 Å². The Balaban J connectivity index is 1.61. The molecule has 1 atom stereocenters. The number of ether oxygens (including phenoxy) is 2. The molecule has 168 valence electrons. The molecule has 2 aromatic rings. The van der Waals surface area contributed by atoms with E-state index in [1.165, 1.54) is 18.3 Å². The molecular formula is C24H27FN4O3. The molecule has 1 saturated heterocycles. The average molecular weight is 439 g/mol. The van der Waals surface area contributed by atoms with Crippen LogP contribution in [0.3, 0.4) is 0 Å². The number of carbonyl (C=O) groups is 1. The van der Waals surface area contributed by atoms with Gasteiger partial charge in [0.15, 0.2) is 11.5 Å². The first-order chi connectivity index (χ1) is 15.5. The molecule has 8 heteroatoms. The molecule has 1 aliphatic rings. The number of hydrogen-bond acceptors (Lipinski definition) is 6. The van der Waals surface area contributed by atoms with Crippen LogP contribution >= 0.6 is 0 Å². The minimum atomic E-state index is -0.307. The number of rotatable bonds is 7. The van der Waals surface area contributed by atoms with Crippen molar-refractivity contribution in [3.63, 3.8) is 0 Å². The third-order valence-electron chi connectivity index (χ3n) is 5.49. The third-order valence-corrected chi connectivity index (χ3v) is 5.49. The monoisotopic (exact) mass is 438 g/mol. The van der Waals surface area contributed by atoms with Gasteiger partial charge in [-0.1, -0.05) is 6.07 Å². The fourth-order valence-corrected chi connectivity index (χ4v) is 3.56. The van der Waals surface area contributed by atoms with E-state index in [2.05, 4.69) is 10.2 Å². The maximum Gasteiger partial charge on any atom is 0.266 e. The average Bonchev–Trinajstić information content (AvgIpc) is 2.84. The van der Waals surface area contributed by atoms with Gasteiger partial charge >= 0.3 is 0 Å². The highest BCUT2D eigenvalue weighted by molar-refractivity contribution is 5.97. The predicted octanol–water partition coefficient (Wildman–Crippen LogP) is 3.25. The van der Waals surface area contributed by atoms with E-state index in [9.17, 15) is 14.4 Å². The number of hydrogen-bond donors (Lipinski definition) is 1. The van der Waals surface area contributed by atoms with Crippen molar-refractivity contribution in [3.05, 3.63) is 65.6 Å². The normalized spacial score (nSPS) is 15.0. The largest absolute Gasteiger partial charge is 0.493 e. The van der Waals surface area contributed by atoms with Crippen LogP contribution in [0, 0.1) is 17.1 Å². The molecule has 0 spiro atoms. The minimum absolute atomic E-state index is 0.0487. The van der Waals surface area contributed by atoms with Crippen LogP contribution in [0.5, 0.6) is 11.5 Å². The van der Waals surface area contributed by atoms with Crippen molar-refractivity contribution in [3.8, 4) is 17.6 Å². The molecule has 1 heterocycles. The van der Waals surface area contributed by atoms with Crippen molar-refractivity contribution < 1.29 is 18.7 Å². The van der Waals surface area contributed by atoms with Gasteiger partial charge in [-0.15, -0.1) is 0 Å². The van der Waals surface area contributed by atoms with Crippen molar-refractivity contribution in [2.45, 2.75) is 13.0 Å². The minimum Gasteiger partial charge on any atom is -0.493 e. The number of amides is 1. The van der Waals surface area contributed by atoms with Gasteiger partial charge in [-0.3, -0.25) is 4.79 Å². The molecule has 0 bridgehead atoms. The highest BCUT2D eigenvalue weighted by atomic mass is 19.1. The Bertz CT molecular complexity index is 1010. The van der Waals surface area contributed by atoms with Crippen LogP contribution < -0.4 is 19.7 Å². The second-order valence-electron chi connectivity index (χ2n) is 7.43. The van der Waals surface area contributed by atoms with E-state index in [1.807, 2.05) is 31.2 Å². The molecule has 1 unspecified atom stereocenters. The first-order valence-corrected chi connectivity index (χ1v) is 10.3. The lowest BCUT2D eigenvalue weighted by Crippen LogP contribution is -2.49. The zero-order chi connectivity index (χ0) is 23.1. The molecule has 1 amide bonds. The molecule has 32 heavy (non-hydrogen) atoms.